The van der Waals surface area contributed by atoms with E-state index in [1.807, 2.05) is 32.0 Å². The van der Waals surface area contributed by atoms with Gasteiger partial charge in [0.05, 0.1) is 80.1 Å². The van der Waals surface area contributed by atoms with Crippen molar-refractivity contribution in [2.24, 2.45) is 17.8 Å². The van der Waals surface area contributed by atoms with E-state index < -0.39 is 30.1 Å². The first-order chi connectivity index (χ1) is 32.4. The molecule has 4 aromatic carbocycles. The number of anilines is 2. The van der Waals surface area contributed by atoms with Gasteiger partial charge in [-0.1, -0.05) is 41.4 Å². The lowest BCUT2D eigenvalue weighted by molar-refractivity contribution is -0.176. The van der Waals surface area contributed by atoms with Gasteiger partial charge < -0.3 is 52.9 Å². The van der Waals surface area contributed by atoms with E-state index in [9.17, 15) is 14.4 Å². The third kappa shape index (κ3) is 10.3. The molecule has 1 saturated carbocycles. The number of carbonyl (C=O) groups is 3. The van der Waals surface area contributed by atoms with Crippen molar-refractivity contribution in [1.82, 2.24) is 9.88 Å². The van der Waals surface area contributed by atoms with Crippen molar-refractivity contribution in [2.45, 2.75) is 51.4 Å². The smallest absolute Gasteiger partial charge is 0.342 e. The van der Waals surface area contributed by atoms with Gasteiger partial charge in [0, 0.05) is 49.5 Å². The molecule has 0 spiro atoms. The second-order valence-corrected chi connectivity index (χ2v) is 17.2. The van der Waals surface area contributed by atoms with Crippen LogP contribution in [0.2, 0.25) is 10.0 Å². The van der Waals surface area contributed by atoms with E-state index >= 15 is 0 Å². The number of nitrogens with one attached hydrogen (secondary N) is 2. The molecular weight excluding hydrogens is 905 g/mol. The molecule has 67 heavy (non-hydrogen) atoms. The molecule has 3 heterocycles. The molecule has 2 fully saturated rings. The van der Waals surface area contributed by atoms with Gasteiger partial charge in [-0.15, -0.1) is 0 Å². The average molecular weight is 963 g/mol. The van der Waals surface area contributed by atoms with Crippen molar-refractivity contribution in [3.63, 3.8) is 0 Å². The molecule has 0 bridgehead atoms. The maximum atomic E-state index is 13.5. The number of esters is 3. The van der Waals surface area contributed by atoms with Gasteiger partial charge in [-0.2, -0.15) is 0 Å². The van der Waals surface area contributed by atoms with E-state index in [1.165, 1.54) is 45.1 Å². The topological polar surface area (TPSA) is 165 Å². The van der Waals surface area contributed by atoms with Gasteiger partial charge in [0.25, 0.3) is 0 Å². The second kappa shape index (κ2) is 21.9. The molecule has 8 rings (SSSR count). The molecule has 17 heteroatoms. The van der Waals surface area contributed by atoms with Crippen molar-refractivity contribution < 1.29 is 57.0 Å². The van der Waals surface area contributed by atoms with Crippen LogP contribution in [0.15, 0.2) is 66.7 Å². The molecule has 1 aromatic heterocycles. The maximum Gasteiger partial charge on any atom is 0.342 e. The SMILES string of the molecule is CCOCOC(=O)c1ccccc1Nc1c(Cl)ccc(C)c1Cl.COC(=O)[C@H]1[C@H]2C[C@@H]3c4[nH]c5cc(OC)ccc5c4CCN3C[C@H]2C[C@@H](OC(=O)c2cc(OC)c(OC)c(OC)c2)[C@@H]1OC. The van der Waals surface area contributed by atoms with E-state index in [1.54, 1.807) is 56.7 Å². The predicted molar refractivity (Wildman–Crippen MR) is 254 cm³/mol. The highest BCUT2D eigenvalue weighted by molar-refractivity contribution is 6.39. The Morgan fingerprint density at radius 2 is 1.61 bits per heavy atom. The Balaban J connectivity index is 0.000000244. The first-order valence-electron chi connectivity index (χ1n) is 22.0. The van der Waals surface area contributed by atoms with Crippen molar-refractivity contribution >= 4 is 63.4 Å². The molecule has 1 saturated heterocycles. The number of aryl methyl sites for hydroxylation is 1. The summed E-state index contributed by atoms with van der Waals surface area (Å²) in [6.07, 6.45) is 0.920. The van der Waals surface area contributed by atoms with Crippen LogP contribution in [-0.2, 0) is 34.9 Å². The summed E-state index contributed by atoms with van der Waals surface area (Å²) in [5, 5.41) is 5.31. The molecule has 15 nitrogen and oxygen atoms in total. The van der Waals surface area contributed by atoms with Gasteiger partial charge in [-0.3, -0.25) is 9.69 Å². The number of rotatable bonds is 14. The molecular formula is C50H57Cl2N3O12. The summed E-state index contributed by atoms with van der Waals surface area (Å²) in [7, 11) is 9.10. The molecule has 0 unspecified atom stereocenters. The number of hydrogen-bond donors (Lipinski definition) is 2. The van der Waals surface area contributed by atoms with E-state index in [0.717, 1.165) is 42.8 Å². The van der Waals surface area contributed by atoms with Gasteiger partial charge in [0.1, 0.15) is 18.0 Å². The van der Waals surface area contributed by atoms with Crippen LogP contribution >= 0.6 is 23.2 Å². The maximum absolute atomic E-state index is 13.5. The van der Waals surface area contributed by atoms with Crippen LogP contribution < -0.4 is 24.3 Å². The number of aromatic amines is 1. The number of para-hydroxylation sites is 1. The summed E-state index contributed by atoms with van der Waals surface area (Å²) in [5.74, 6) is -0.0441. The van der Waals surface area contributed by atoms with Crippen LogP contribution in [0.4, 0.5) is 11.4 Å². The van der Waals surface area contributed by atoms with Crippen LogP contribution in [-0.4, -0.2) is 109 Å². The fourth-order valence-corrected chi connectivity index (χ4v) is 10.2. The monoisotopic (exact) mass is 961 g/mol. The van der Waals surface area contributed by atoms with Crippen LogP contribution in [0, 0.1) is 24.7 Å². The minimum Gasteiger partial charge on any atom is -0.497 e. The largest absolute Gasteiger partial charge is 0.497 e. The number of H-pyrrole nitrogens is 1. The van der Waals surface area contributed by atoms with Crippen LogP contribution in [0.1, 0.15) is 63.3 Å². The lowest BCUT2D eigenvalue weighted by Gasteiger charge is -2.52. The van der Waals surface area contributed by atoms with Crippen molar-refractivity contribution in [3.8, 4) is 23.0 Å². The second-order valence-electron chi connectivity index (χ2n) is 16.5. The Labute approximate surface area is 400 Å². The quantitative estimate of drug-likeness (QED) is 0.0468. The number of nitrogens with zero attached hydrogens (tertiary/aromatic N) is 1. The summed E-state index contributed by atoms with van der Waals surface area (Å²) < 4.78 is 49.2. The summed E-state index contributed by atoms with van der Waals surface area (Å²) in [6.45, 7) is 5.77. The highest BCUT2D eigenvalue weighted by atomic mass is 35.5. The number of ether oxygens (including phenoxy) is 9. The van der Waals surface area contributed by atoms with Gasteiger partial charge in [-0.25, -0.2) is 9.59 Å². The standard InChI is InChI=1S/C33H40N2O9.C17H17Cl2NO3/c1-38-19-7-8-20-21-9-10-35-16-18-13-27(44-32(36)17-11-25(39-2)30(41-4)26(12-17)40-3)31(42-5)28(33(37)43-6)22(18)15-24(35)29(21)34-23(20)14-19;1-3-22-10-23-17(21)12-6-4-5-7-14(12)20-16-13(18)9-8-11(2)15(16)19/h7-8,11-12,14,18,22,24,27-28,31,34H,9-10,13,15-16H2,1-6H3;4-9,20H,3,10H2,1-2H3/t18-,22+,24-,27-,28+,31+;/m1./s1. The first kappa shape index (κ1) is 49.2. The molecule has 2 aliphatic heterocycles. The van der Waals surface area contributed by atoms with E-state index in [-0.39, 0.29) is 36.2 Å². The highest BCUT2D eigenvalue weighted by Gasteiger charge is 2.54. The summed E-state index contributed by atoms with van der Waals surface area (Å²) in [6, 6.07) is 20.0. The minimum absolute atomic E-state index is 0.0170. The predicted octanol–water partition coefficient (Wildman–Crippen LogP) is 9.37. The number of halogens is 2. The Kier molecular flexibility index (Phi) is 16.1. The summed E-state index contributed by atoms with van der Waals surface area (Å²) >= 11 is 12.5. The van der Waals surface area contributed by atoms with Gasteiger partial charge in [0.2, 0.25) is 5.75 Å². The lowest BCUT2D eigenvalue weighted by Crippen LogP contribution is -2.58. The van der Waals surface area contributed by atoms with E-state index in [2.05, 4.69) is 21.3 Å². The molecule has 358 valence electrons. The van der Waals surface area contributed by atoms with Crippen LogP contribution in [0.3, 0.4) is 0 Å². The molecule has 2 N–H and O–H groups in total. The Bertz CT molecular complexity index is 2560. The molecule has 3 aliphatic rings. The third-order valence-electron chi connectivity index (χ3n) is 12.9. The normalized spacial score (nSPS) is 20.7. The zero-order valence-corrected chi connectivity index (χ0v) is 40.4. The summed E-state index contributed by atoms with van der Waals surface area (Å²) in [4.78, 5) is 45.3. The molecule has 5 aromatic rings. The fourth-order valence-electron chi connectivity index (χ4n) is 9.69. The number of fused-ring (bicyclic) bond motifs is 6. The van der Waals surface area contributed by atoms with Crippen molar-refractivity contribution in [3.05, 3.63) is 105 Å². The van der Waals surface area contributed by atoms with Gasteiger partial charge in [-0.05, 0) is 98.5 Å². The number of carbonyl (C=O) groups excluding carboxylic acids is 3. The zero-order chi connectivity index (χ0) is 47.9. The molecule has 1 aliphatic carbocycles. The Morgan fingerprint density at radius 3 is 2.28 bits per heavy atom. The fraction of sp³-hybridized carbons (Fsp3) is 0.420. The summed E-state index contributed by atoms with van der Waals surface area (Å²) in [5.41, 5.74) is 6.20. The number of hydrogen-bond acceptors (Lipinski definition) is 14. The average Bonchev–Trinajstić information content (AvgIpc) is 3.73. The van der Waals surface area contributed by atoms with Crippen LogP contribution in [0.5, 0.6) is 23.0 Å². The van der Waals surface area contributed by atoms with Gasteiger partial charge in [0.15, 0.2) is 18.3 Å². The van der Waals surface area contributed by atoms with Gasteiger partial charge >= 0.3 is 17.9 Å². The first-order valence-corrected chi connectivity index (χ1v) is 22.7. The van der Waals surface area contributed by atoms with Crippen molar-refractivity contribution in [1.29, 1.82) is 0 Å². The molecule has 0 radical (unpaired) electrons. The van der Waals surface area contributed by atoms with Crippen LogP contribution in [0.25, 0.3) is 10.9 Å². The lowest BCUT2D eigenvalue weighted by atomic mass is 9.63. The number of aromatic nitrogens is 1. The molecule has 0 amide bonds. The van der Waals surface area contributed by atoms with E-state index in [0.29, 0.717) is 57.3 Å². The number of piperidine rings is 1. The minimum atomic E-state index is -0.670. The zero-order valence-electron chi connectivity index (χ0n) is 38.9. The third-order valence-corrected chi connectivity index (χ3v) is 13.7. The highest BCUT2D eigenvalue weighted by Crippen LogP contribution is 2.51. The van der Waals surface area contributed by atoms with E-state index in [4.69, 9.17) is 65.8 Å². The Hall–Kier alpha value is -5.71. The Morgan fingerprint density at radius 1 is 0.866 bits per heavy atom. The van der Waals surface area contributed by atoms with Crippen molar-refractivity contribution in [2.75, 3.05) is 74.5 Å². The number of methoxy groups -OCH3 is 6. The number of benzene rings is 4. The molecule has 6 atom stereocenters.